The minimum atomic E-state index is 0. The van der Waals surface area contributed by atoms with Crippen LogP contribution in [0.25, 0.3) is 0 Å². The third kappa shape index (κ3) is 6.48. The van der Waals surface area contributed by atoms with Gasteiger partial charge < -0.3 is 19.7 Å². The molecule has 6 heteroatoms. The standard InChI is InChI=1S/C23H37N3O2.HI/c1-4-24-22(26(2)16-19-12-15-28-17-19)25-18-23(13-6-5-7-14-23)20-8-10-21(27-3)11-9-20;/h8-11,19H,4-7,12-18H2,1-3H3,(H,24,25);1H. The van der Waals surface area contributed by atoms with Crippen molar-refractivity contribution in [1.82, 2.24) is 10.2 Å². The Kier molecular flexibility index (Phi) is 10.0. The molecular weight excluding hydrogens is 477 g/mol. The monoisotopic (exact) mass is 515 g/mol. The van der Waals surface area contributed by atoms with E-state index >= 15 is 0 Å². The van der Waals surface area contributed by atoms with Gasteiger partial charge in [0.1, 0.15) is 5.75 Å². The van der Waals surface area contributed by atoms with Gasteiger partial charge in [-0.15, -0.1) is 24.0 Å². The first-order chi connectivity index (χ1) is 13.7. The lowest BCUT2D eigenvalue weighted by molar-refractivity contribution is 0.181. The van der Waals surface area contributed by atoms with Gasteiger partial charge in [0.05, 0.1) is 20.3 Å². The van der Waals surface area contributed by atoms with Crippen molar-refractivity contribution in [2.45, 2.75) is 50.9 Å². The first-order valence-electron chi connectivity index (χ1n) is 10.9. The molecule has 0 aromatic heterocycles. The number of guanidine groups is 1. The second-order valence-corrected chi connectivity index (χ2v) is 8.35. The van der Waals surface area contributed by atoms with Gasteiger partial charge in [0.25, 0.3) is 0 Å². The molecule has 1 saturated heterocycles. The number of benzene rings is 1. The van der Waals surface area contributed by atoms with Crippen LogP contribution in [0.4, 0.5) is 0 Å². The van der Waals surface area contributed by atoms with Crippen molar-refractivity contribution in [2.75, 3.05) is 47.0 Å². The number of hydrogen-bond acceptors (Lipinski definition) is 3. The summed E-state index contributed by atoms with van der Waals surface area (Å²) < 4.78 is 10.9. The summed E-state index contributed by atoms with van der Waals surface area (Å²) in [6.07, 6.45) is 7.48. The summed E-state index contributed by atoms with van der Waals surface area (Å²) in [5, 5.41) is 3.50. The van der Waals surface area contributed by atoms with Gasteiger partial charge >= 0.3 is 0 Å². The Morgan fingerprint density at radius 1 is 1.24 bits per heavy atom. The number of halogens is 1. The molecule has 0 bridgehead atoms. The predicted octanol–water partition coefficient (Wildman–Crippen LogP) is 4.45. The van der Waals surface area contributed by atoms with Crippen LogP contribution in [0.5, 0.6) is 5.75 Å². The largest absolute Gasteiger partial charge is 0.497 e. The van der Waals surface area contributed by atoms with Crippen LogP contribution in [0.3, 0.4) is 0 Å². The van der Waals surface area contributed by atoms with Crippen LogP contribution in [0.2, 0.25) is 0 Å². The van der Waals surface area contributed by atoms with Gasteiger partial charge in [-0.1, -0.05) is 31.4 Å². The summed E-state index contributed by atoms with van der Waals surface area (Å²) in [5.41, 5.74) is 1.54. The molecular formula is C23H38IN3O2. The number of ether oxygens (including phenoxy) is 2. The zero-order valence-electron chi connectivity index (χ0n) is 18.3. The highest BCUT2D eigenvalue weighted by Crippen LogP contribution is 2.40. The highest BCUT2D eigenvalue weighted by Gasteiger charge is 2.34. The quantitative estimate of drug-likeness (QED) is 0.331. The fourth-order valence-electron chi connectivity index (χ4n) is 4.61. The molecule has 0 radical (unpaired) electrons. The molecule has 0 amide bonds. The Balaban J connectivity index is 0.00000300. The summed E-state index contributed by atoms with van der Waals surface area (Å²) in [6.45, 7) is 6.64. The Bertz CT molecular complexity index is 624. The third-order valence-electron chi connectivity index (χ3n) is 6.30. The van der Waals surface area contributed by atoms with E-state index < -0.39 is 0 Å². The number of rotatable bonds is 7. The maximum atomic E-state index is 5.55. The zero-order valence-corrected chi connectivity index (χ0v) is 20.6. The van der Waals surface area contributed by atoms with Crippen molar-refractivity contribution in [3.05, 3.63) is 29.8 Å². The second kappa shape index (κ2) is 12.0. The van der Waals surface area contributed by atoms with Crippen LogP contribution in [0, 0.1) is 5.92 Å². The average molecular weight is 515 g/mol. The van der Waals surface area contributed by atoms with Crippen molar-refractivity contribution in [2.24, 2.45) is 10.9 Å². The number of hydrogen-bond donors (Lipinski definition) is 1. The molecule has 2 aliphatic rings. The molecule has 1 atom stereocenters. The fourth-order valence-corrected chi connectivity index (χ4v) is 4.61. The van der Waals surface area contributed by atoms with E-state index in [-0.39, 0.29) is 29.4 Å². The number of nitrogens with one attached hydrogen (secondary N) is 1. The minimum Gasteiger partial charge on any atom is -0.497 e. The van der Waals surface area contributed by atoms with Gasteiger partial charge in [0, 0.05) is 38.1 Å². The summed E-state index contributed by atoms with van der Waals surface area (Å²) in [7, 11) is 3.88. The van der Waals surface area contributed by atoms with Crippen LogP contribution in [0.15, 0.2) is 29.3 Å². The molecule has 1 aromatic rings. The van der Waals surface area contributed by atoms with E-state index in [1.165, 1.54) is 37.7 Å². The van der Waals surface area contributed by atoms with E-state index in [2.05, 4.69) is 48.5 Å². The summed E-state index contributed by atoms with van der Waals surface area (Å²) in [6, 6.07) is 8.66. The number of nitrogens with zero attached hydrogens (tertiary/aromatic N) is 2. The lowest BCUT2D eigenvalue weighted by Gasteiger charge is -2.37. The lowest BCUT2D eigenvalue weighted by atomic mass is 9.69. The molecule has 1 aliphatic heterocycles. The van der Waals surface area contributed by atoms with Gasteiger partial charge in [0.2, 0.25) is 0 Å². The SMILES string of the molecule is CCNC(=NCC1(c2ccc(OC)cc2)CCCCC1)N(C)CC1CCOC1.I. The number of methoxy groups -OCH3 is 1. The third-order valence-corrected chi connectivity index (χ3v) is 6.30. The van der Waals surface area contributed by atoms with Crippen LogP contribution in [-0.4, -0.2) is 57.9 Å². The van der Waals surface area contributed by atoms with Crippen LogP contribution in [0.1, 0.15) is 51.0 Å². The van der Waals surface area contributed by atoms with E-state index in [9.17, 15) is 0 Å². The normalized spacial score (nSPS) is 21.3. The summed E-state index contributed by atoms with van der Waals surface area (Å²) >= 11 is 0. The Morgan fingerprint density at radius 2 is 1.97 bits per heavy atom. The van der Waals surface area contributed by atoms with Gasteiger partial charge in [-0.05, 0) is 43.9 Å². The van der Waals surface area contributed by atoms with Crippen LogP contribution < -0.4 is 10.1 Å². The predicted molar refractivity (Wildman–Crippen MR) is 131 cm³/mol. The molecule has 1 saturated carbocycles. The zero-order chi connectivity index (χ0) is 19.8. The van der Waals surface area contributed by atoms with Gasteiger partial charge in [-0.2, -0.15) is 0 Å². The Morgan fingerprint density at radius 3 is 2.55 bits per heavy atom. The molecule has 5 nitrogen and oxygen atoms in total. The Hall–Kier alpha value is -1.02. The molecule has 164 valence electrons. The molecule has 1 N–H and O–H groups in total. The lowest BCUT2D eigenvalue weighted by Crippen LogP contribution is -2.43. The molecule has 1 aromatic carbocycles. The topological polar surface area (TPSA) is 46.1 Å². The van der Waals surface area contributed by atoms with Crippen molar-refractivity contribution >= 4 is 29.9 Å². The molecule has 2 fully saturated rings. The first-order valence-corrected chi connectivity index (χ1v) is 10.9. The van der Waals surface area contributed by atoms with Crippen LogP contribution in [-0.2, 0) is 10.2 Å². The maximum absolute atomic E-state index is 5.55. The van der Waals surface area contributed by atoms with E-state index in [1.54, 1.807) is 7.11 Å². The average Bonchev–Trinajstić information content (AvgIpc) is 3.25. The number of aliphatic imine (C=N–C) groups is 1. The fraction of sp³-hybridized carbons (Fsp3) is 0.696. The molecule has 3 rings (SSSR count). The van der Waals surface area contributed by atoms with E-state index in [0.717, 1.165) is 51.0 Å². The van der Waals surface area contributed by atoms with E-state index in [0.29, 0.717) is 5.92 Å². The molecule has 1 heterocycles. The van der Waals surface area contributed by atoms with Crippen molar-refractivity contribution < 1.29 is 9.47 Å². The van der Waals surface area contributed by atoms with Gasteiger partial charge in [0.15, 0.2) is 5.96 Å². The van der Waals surface area contributed by atoms with E-state index in [1.807, 2.05) is 0 Å². The van der Waals surface area contributed by atoms with Crippen molar-refractivity contribution in [3.8, 4) is 5.75 Å². The minimum absolute atomic E-state index is 0. The Labute approximate surface area is 193 Å². The first kappa shape index (κ1) is 24.3. The maximum Gasteiger partial charge on any atom is 0.193 e. The van der Waals surface area contributed by atoms with Gasteiger partial charge in [-0.25, -0.2) is 0 Å². The smallest absolute Gasteiger partial charge is 0.193 e. The van der Waals surface area contributed by atoms with Crippen molar-refractivity contribution in [3.63, 3.8) is 0 Å². The second-order valence-electron chi connectivity index (χ2n) is 8.35. The molecule has 0 spiro atoms. The van der Waals surface area contributed by atoms with Crippen molar-refractivity contribution in [1.29, 1.82) is 0 Å². The highest BCUT2D eigenvalue weighted by molar-refractivity contribution is 14.0. The molecule has 1 aliphatic carbocycles. The molecule has 29 heavy (non-hydrogen) atoms. The van der Waals surface area contributed by atoms with Gasteiger partial charge in [-0.3, -0.25) is 4.99 Å². The van der Waals surface area contributed by atoms with Crippen LogP contribution >= 0.6 is 24.0 Å². The summed E-state index contributed by atoms with van der Waals surface area (Å²) in [5.74, 6) is 2.55. The highest BCUT2D eigenvalue weighted by atomic mass is 127. The van der Waals surface area contributed by atoms with E-state index in [4.69, 9.17) is 14.5 Å². The summed E-state index contributed by atoms with van der Waals surface area (Å²) in [4.78, 5) is 7.41. The molecule has 1 unspecified atom stereocenters.